The number of Topliss-reactive ketones (excluding diaryl/α,β-unsaturated/α-hetero) is 2. The zero-order valence-corrected chi connectivity index (χ0v) is 32.4. The van der Waals surface area contributed by atoms with Crippen molar-refractivity contribution < 1.29 is 58.8 Å². The standard InChI is InChI=1S/C35H59N11O12/c1-19(50)29(31(54)30(53)24(14-27(38)51)42-15-21(36)16-47)44-35(58)26(18-49)46-45-23(32(39)55)9-10-28(52)40-11-5-6-12-41-34(57)25(43-33(56)22(37)17-48)13-20-7-3-2-4-8-20/h2-4,7-8,19,21-26,29,42,45-50H,5-6,9-18,36-37H2,1H3,(H2,38,51)(H2,39,55)(H,40,52)(H,41,57)(H,43,56)(H,44,58)/t19-,21?,22?,23?,24?,25?,26+,29+/m1/s1. The van der Waals surface area contributed by atoms with Crippen LogP contribution in [0.15, 0.2) is 30.3 Å². The fourth-order valence-electron chi connectivity index (χ4n) is 5.08. The molecule has 0 saturated carbocycles. The average Bonchev–Trinajstić information content (AvgIpc) is 3.19. The van der Waals surface area contributed by atoms with Crippen molar-refractivity contribution in [1.82, 2.24) is 37.4 Å². The lowest BCUT2D eigenvalue weighted by atomic mass is 9.96. The van der Waals surface area contributed by atoms with Gasteiger partial charge in [0, 0.05) is 44.9 Å². The Morgan fingerprint density at radius 2 is 1.33 bits per heavy atom. The van der Waals surface area contributed by atoms with Gasteiger partial charge in [-0.1, -0.05) is 30.3 Å². The number of primary amides is 2. The molecule has 0 aliphatic rings. The molecule has 0 fully saturated rings. The van der Waals surface area contributed by atoms with Crippen molar-refractivity contribution in [2.24, 2.45) is 22.9 Å². The molecule has 1 rings (SSSR count). The minimum Gasteiger partial charge on any atom is -0.395 e. The smallest absolute Gasteiger partial charge is 0.242 e. The summed E-state index contributed by atoms with van der Waals surface area (Å²) in [5.74, 6) is -7.11. The molecule has 0 aliphatic heterocycles. The molecular weight excluding hydrogens is 766 g/mol. The van der Waals surface area contributed by atoms with Crippen molar-refractivity contribution in [2.75, 3.05) is 39.5 Å². The van der Waals surface area contributed by atoms with Crippen LogP contribution in [0, 0.1) is 0 Å². The van der Waals surface area contributed by atoms with Crippen molar-refractivity contribution in [3.05, 3.63) is 35.9 Å². The Kier molecular flexibility index (Phi) is 24.3. The molecule has 0 heterocycles. The largest absolute Gasteiger partial charge is 0.395 e. The SMILES string of the molecule is C[C@@H](O)[C@H](NC(=O)[C@H](CO)NNC(CCC(=O)NCCCCNC(=O)C(Cc1ccccc1)NC(=O)C(N)CO)C(N)=O)C(=O)C(=O)C(CC(N)=O)NCC(N)CO. The number of aliphatic hydroxyl groups is 4. The van der Waals surface area contributed by atoms with Gasteiger partial charge < -0.3 is 69.9 Å². The lowest BCUT2D eigenvalue weighted by molar-refractivity contribution is -0.142. The Hall–Kier alpha value is -4.98. The number of hydrogen-bond acceptors (Lipinski definition) is 17. The molecule has 1 aromatic carbocycles. The molecule has 1 aromatic rings. The summed E-state index contributed by atoms with van der Waals surface area (Å²) >= 11 is 0. The first-order valence-corrected chi connectivity index (χ1v) is 18.6. The Morgan fingerprint density at radius 3 is 1.88 bits per heavy atom. The second-order valence-electron chi connectivity index (χ2n) is 13.4. The molecule has 0 aromatic heterocycles. The topological polar surface area (TPSA) is 406 Å². The van der Waals surface area contributed by atoms with E-state index in [1.165, 1.54) is 0 Å². The molecule has 0 radical (unpaired) electrons. The molecule has 6 amide bonds. The number of carbonyl (C=O) groups is 8. The van der Waals surface area contributed by atoms with Gasteiger partial charge >= 0.3 is 0 Å². The molecule has 19 N–H and O–H groups in total. The fraction of sp³-hybridized carbons (Fsp3) is 0.600. The van der Waals surface area contributed by atoms with E-state index in [2.05, 4.69) is 37.4 Å². The van der Waals surface area contributed by atoms with Crippen LogP contribution in [-0.2, 0) is 44.8 Å². The van der Waals surface area contributed by atoms with E-state index in [4.69, 9.17) is 28.0 Å². The molecule has 0 aliphatic carbocycles. The summed E-state index contributed by atoms with van der Waals surface area (Å²) in [6, 6.07) is -0.137. The maximum Gasteiger partial charge on any atom is 0.242 e. The number of benzene rings is 1. The highest BCUT2D eigenvalue weighted by Crippen LogP contribution is 2.06. The Labute approximate surface area is 335 Å². The van der Waals surface area contributed by atoms with E-state index in [1.807, 2.05) is 6.07 Å². The molecule has 58 heavy (non-hydrogen) atoms. The summed E-state index contributed by atoms with van der Waals surface area (Å²) in [4.78, 5) is 100. The van der Waals surface area contributed by atoms with Crippen LogP contribution in [0.4, 0.5) is 0 Å². The number of nitrogens with one attached hydrogen (secondary N) is 7. The van der Waals surface area contributed by atoms with Crippen molar-refractivity contribution in [2.45, 2.75) is 93.8 Å². The van der Waals surface area contributed by atoms with E-state index < -0.39 is 122 Å². The van der Waals surface area contributed by atoms with E-state index in [0.717, 1.165) is 12.5 Å². The molecule has 23 nitrogen and oxygen atoms in total. The van der Waals surface area contributed by atoms with Gasteiger partial charge in [0.1, 0.15) is 30.2 Å². The van der Waals surface area contributed by atoms with Gasteiger partial charge in [0.05, 0.1) is 32.0 Å². The van der Waals surface area contributed by atoms with Gasteiger partial charge in [0.2, 0.25) is 47.0 Å². The third-order valence-corrected chi connectivity index (χ3v) is 8.50. The van der Waals surface area contributed by atoms with Gasteiger partial charge in [-0.2, -0.15) is 0 Å². The number of hydrazine groups is 1. The van der Waals surface area contributed by atoms with Crippen molar-refractivity contribution in [3.63, 3.8) is 0 Å². The predicted octanol–water partition coefficient (Wildman–Crippen LogP) is -7.71. The fourth-order valence-corrected chi connectivity index (χ4v) is 5.08. The first-order chi connectivity index (χ1) is 27.4. The number of nitrogens with two attached hydrogens (primary N) is 4. The summed E-state index contributed by atoms with van der Waals surface area (Å²) in [6.07, 6.45) is -1.53. The van der Waals surface area contributed by atoms with E-state index >= 15 is 0 Å². The Morgan fingerprint density at radius 1 is 0.707 bits per heavy atom. The van der Waals surface area contributed by atoms with Crippen LogP contribution < -0.4 is 60.4 Å². The molecule has 0 spiro atoms. The molecule has 23 heteroatoms. The maximum atomic E-state index is 13.0. The number of ketones is 2. The Balaban J connectivity index is 2.64. The number of amides is 6. The van der Waals surface area contributed by atoms with Crippen LogP contribution in [-0.4, -0.2) is 155 Å². The van der Waals surface area contributed by atoms with Gasteiger partial charge in [-0.15, -0.1) is 0 Å². The van der Waals surface area contributed by atoms with Gasteiger partial charge in [-0.3, -0.25) is 38.4 Å². The van der Waals surface area contributed by atoms with Crippen LogP contribution >= 0.6 is 0 Å². The molecule has 8 atom stereocenters. The highest BCUT2D eigenvalue weighted by Gasteiger charge is 2.37. The second kappa shape index (κ2) is 27.6. The number of unbranched alkanes of at least 4 members (excludes halogenated alkanes) is 1. The third kappa shape index (κ3) is 19.4. The monoisotopic (exact) mass is 825 g/mol. The lowest BCUT2D eigenvalue weighted by Gasteiger charge is -2.26. The number of rotatable bonds is 31. The minimum atomic E-state index is -1.84. The minimum absolute atomic E-state index is 0.157. The van der Waals surface area contributed by atoms with E-state index in [0.29, 0.717) is 12.8 Å². The summed E-state index contributed by atoms with van der Waals surface area (Å²) < 4.78 is 0. The van der Waals surface area contributed by atoms with Gasteiger partial charge in [-0.25, -0.2) is 10.9 Å². The first kappa shape index (κ1) is 51.0. The summed E-state index contributed by atoms with van der Waals surface area (Å²) in [5, 5.41) is 51.0. The van der Waals surface area contributed by atoms with E-state index in [1.54, 1.807) is 24.3 Å². The van der Waals surface area contributed by atoms with Crippen molar-refractivity contribution >= 4 is 47.0 Å². The zero-order valence-electron chi connectivity index (χ0n) is 32.4. The van der Waals surface area contributed by atoms with Crippen LogP contribution in [0.5, 0.6) is 0 Å². The van der Waals surface area contributed by atoms with Crippen molar-refractivity contribution in [3.8, 4) is 0 Å². The third-order valence-electron chi connectivity index (χ3n) is 8.50. The quantitative estimate of drug-likeness (QED) is 0.0188. The normalized spacial score (nSPS) is 15.3. The van der Waals surface area contributed by atoms with Gasteiger partial charge in [0.25, 0.3) is 0 Å². The van der Waals surface area contributed by atoms with Crippen LogP contribution in [0.2, 0.25) is 0 Å². The predicted molar refractivity (Wildman–Crippen MR) is 206 cm³/mol. The molecule has 0 bridgehead atoms. The van der Waals surface area contributed by atoms with E-state index in [9.17, 15) is 53.7 Å². The maximum absolute atomic E-state index is 13.0. The van der Waals surface area contributed by atoms with Crippen LogP contribution in [0.3, 0.4) is 0 Å². The average molecular weight is 826 g/mol. The van der Waals surface area contributed by atoms with Crippen LogP contribution in [0.1, 0.15) is 44.6 Å². The number of hydrogen-bond donors (Lipinski definition) is 15. The summed E-state index contributed by atoms with van der Waals surface area (Å²) in [7, 11) is 0. The second-order valence-corrected chi connectivity index (χ2v) is 13.4. The summed E-state index contributed by atoms with van der Waals surface area (Å²) in [5.41, 5.74) is 27.4. The Bertz CT molecular complexity index is 1500. The van der Waals surface area contributed by atoms with Crippen molar-refractivity contribution in [1.29, 1.82) is 0 Å². The molecule has 0 saturated heterocycles. The van der Waals surface area contributed by atoms with Gasteiger partial charge in [-0.05, 0) is 31.7 Å². The number of carbonyl (C=O) groups excluding carboxylic acids is 8. The lowest BCUT2D eigenvalue weighted by Crippen LogP contribution is -2.61. The molecule has 5 unspecified atom stereocenters. The highest BCUT2D eigenvalue weighted by molar-refractivity contribution is 6.41. The number of aliphatic hydroxyl groups excluding tert-OH is 4. The van der Waals surface area contributed by atoms with E-state index in [-0.39, 0.29) is 38.9 Å². The highest BCUT2D eigenvalue weighted by atomic mass is 16.3. The zero-order chi connectivity index (χ0) is 43.8. The van der Waals surface area contributed by atoms with Gasteiger partial charge in [0.15, 0.2) is 0 Å². The molecule has 326 valence electrons. The molecular formula is C35H59N11O12. The van der Waals surface area contributed by atoms with Crippen LogP contribution in [0.25, 0.3) is 0 Å². The first-order valence-electron chi connectivity index (χ1n) is 18.6. The summed E-state index contributed by atoms with van der Waals surface area (Å²) in [6.45, 7) is -0.629.